The molecule has 0 radical (unpaired) electrons. The van der Waals surface area contributed by atoms with Gasteiger partial charge in [-0.3, -0.25) is 19.1 Å². The van der Waals surface area contributed by atoms with Crippen molar-refractivity contribution < 1.29 is 4.79 Å². The zero-order valence-corrected chi connectivity index (χ0v) is 21.8. The van der Waals surface area contributed by atoms with E-state index in [0.717, 1.165) is 53.9 Å². The zero-order valence-electron chi connectivity index (χ0n) is 20.2. The molecule has 7 heteroatoms. The Morgan fingerprint density at radius 1 is 1.12 bits per heavy atom. The van der Waals surface area contributed by atoms with E-state index in [1.54, 1.807) is 4.57 Å². The number of nitrogens with zero attached hydrogens (tertiary/aromatic N) is 4. The number of carbonyl (C=O) groups is 1. The Kier molecular flexibility index (Phi) is 7.84. The maximum Gasteiger partial charge on any atom is 0.266 e. The number of fused-ring (bicyclic) bond motifs is 1. The molecule has 6 nitrogen and oxygen atoms in total. The summed E-state index contributed by atoms with van der Waals surface area (Å²) in [6, 6.07) is 15.4. The normalized spacial score (nSPS) is 17.8. The summed E-state index contributed by atoms with van der Waals surface area (Å²) in [5.74, 6) is 1.00. The van der Waals surface area contributed by atoms with Crippen LogP contribution in [-0.4, -0.2) is 50.9 Å². The number of para-hydroxylation sites is 1. The zero-order chi connectivity index (χ0) is 24.2. The molecule has 0 saturated carbocycles. The summed E-state index contributed by atoms with van der Waals surface area (Å²) in [5.41, 5.74) is 1.47. The molecule has 2 atom stereocenters. The van der Waals surface area contributed by atoms with Crippen LogP contribution in [0.2, 0.25) is 0 Å². The summed E-state index contributed by atoms with van der Waals surface area (Å²) in [4.78, 5) is 35.8. The molecule has 2 aromatic carbocycles. The quantitative estimate of drug-likeness (QED) is 0.419. The fourth-order valence-electron chi connectivity index (χ4n) is 4.93. The van der Waals surface area contributed by atoms with E-state index in [-0.39, 0.29) is 23.6 Å². The highest BCUT2D eigenvalue weighted by atomic mass is 79.9. The Labute approximate surface area is 209 Å². The van der Waals surface area contributed by atoms with Gasteiger partial charge in [0, 0.05) is 36.6 Å². The lowest BCUT2D eigenvalue weighted by Gasteiger charge is -2.43. The van der Waals surface area contributed by atoms with Crippen molar-refractivity contribution in [3.63, 3.8) is 0 Å². The first-order chi connectivity index (χ1) is 16.4. The van der Waals surface area contributed by atoms with Crippen molar-refractivity contribution in [3.05, 3.63) is 69.2 Å². The minimum Gasteiger partial charge on any atom is -0.337 e. The van der Waals surface area contributed by atoms with Crippen molar-refractivity contribution in [3.8, 4) is 5.69 Å². The number of amides is 1. The van der Waals surface area contributed by atoms with Crippen LogP contribution in [0.3, 0.4) is 0 Å². The summed E-state index contributed by atoms with van der Waals surface area (Å²) in [6.07, 6.45) is 3.40. The fraction of sp³-hybridized carbons (Fsp3) is 0.444. The molecule has 0 bridgehead atoms. The average Bonchev–Trinajstić information content (AvgIpc) is 2.84. The maximum absolute atomic E-state index is 13.7. The summed E-state index contributed by atoms with van der Waals surface area (Å²) in [6.45, 7) is 8.61. The molecule has 0 N–H and O–H groups in total. The predicted molar refractivity (Wildman–Crippen MR) is 140 cm³/mol. The van der Waals surface area contributed by atoms with Crippen molar-refractivity contribution in [1.29, 1.82) is 0 Å². The molecule has 2 heterocycles. The van der Waals surface area contributed by atoms with E-state index in [9.17, 15) is 9.59 Å². The number of hydrogen-bond acceptors (Lipinski definition) is 4. The molecule has 34 heavy (non-hydrogen) atoms. The SMILES string of the molecule is CCCCC(=O)N1CCN(C(CC)c2nc3ccccc3c(=O)n2-c2ccc(Br)cc2)CC1C. The second kappa shape index (κ2) is 10.8. The van der Waals surface area contributed by atoms with Crippen molar-refractivity contribution in [2.45, 2.75) is 58.5 Å². The second-order valence-electron chi connectivity index (χ2n) is 9.06. The van der Waals surface area contributed by atoms with Crippen LogP contribution in [0.15, 0.2) is 57.8 Å². The summed E-state index contributed by atoms with van der Waals surface area (Å²) >= 11 is 3.50. The number of aromatic nitrogens is 2. The van der Waals surface area contributed by atoms with Gasteiger partial charge in [0.15, 0.2) is 0 Å². The second-order valence-corrected chi connectivity index (χ2v) is 9.98. The van der Waals surface area contributed by atoms with Crippen LogP contribution in [0, 0.1) is 0 Å². The number of carbonyl (C=O) groups excluding carboxylic acids is 1. The first kappa shape index (κ1) is 24.6. The molecule has 1 fully saturated rings. The highest BCUT2D eigenvalue weighted by Gasteiger charge is 2.33. The molecule has 180 valence electrons. The minimum absolute atomic E-state index is 0.0312. The predicted octanol–water partition coefficient (Wildman–Crippen LogP) is 5.32. The lowest BCUT2D eigenvalue weighted by molar-refractivity contribution is -0.136. The van der Waals surface area contributed by atoms with Gasteiger partial charge in [-0.1, -0.05) is 48.3 Å². The van der Waals surface area contributed by atoms with E-state index in [1.165, 1.54) is 0 Å². The molecule has 1 aliphatic rings. The first-order valence-electron chi connectivity index (χ1n) is 12.3. The van der Waals surface area contributed by atoms with Gasteiger partial charge < -0.3 is 4.90 Å². The number of rotatable bonds is 7. The van der Waals surface area contributed by atoms with Gasteiger partial charge in [0.05, 0.1) is 22.6 Å². The van der Waals surface area contributed by atoms with Gasteiger partial charge in [-0.2, -0.15) is 0 Å². The lowest BCUT2D eigenvalue weighted by atomic mass is 10.1. The Morgan fingerprint density at radius 2 is 1.85 bits per heavy atom. The summed E-state index contributed by atoms with van der Waals surface area (Å²) in [7, 11) is 0. The van der Waals surface area contributed by atoms with Crippen LogP contribution in [0.4, 0.5) is 0 Å². The summed E-state index contributed by atoms with van der Waals surface area (Å²) in [5, 5.41) is 0.615. The smallest absolute Gasteiger partial charge is 0.266 e. The summed E-state index contributed by atoms with van der Waals surface area (Å²) < 4.78 is 2.73. The van der Waals surface area contributed by atoms with E-state index in [0.29, 0.717) is 18.4 Å². The highest BCUT2D eigenvalue weighted by Crippen LogP contribution is 2.28. The molecular weight excluding hydrogens is 492 g/mol. The van der Waals surface area contributed by atoms with Crippen LogP contribution in [0.5, 0.6) is 0 Å². The van der Waals surface area contributed by atoms with Crippen molar-refractivity contribution >= 4 is 32.7 Å². The number of benzene rings is 2. The molecule has 1 aliphatic heterocycles. The van der Waals surface area contributed by atoms with Crippen molar-refractivity contribution in [2.75, 3.05) is 19.6 Å². The first-order valence-corrected chi connectivity index (χ1v) is 13.0. The van der Waals surface area contributed by atoms with E-state index in [4.69, 9.17) is 4.98 Å². The number of halogens is 1. The van der Waals surface area contributed by atoms with E-state index < -0.39 is 0 Å². The molecule has 1 aromatic heterocycles. The molecule has 2 unspecified atom stereocenters. The molecule has 3 aromatic rings. The molecule has 4 rings (SSSR count). The monoisotopic (exact) mass is 524 g/mol. The van der Waals surface area contributed by atoms with Gasteiger partial charge in [-0.15, -0.1) is 0 Å². The average molecular weight is 525 g/mol. The van der Waals surface area contributed by atoms with Crippen LogP contribution in [0.1, 0.15) is 58.3 Å². The maximum atomic E-state index is 13.7. The Morgan fingerprint density at radius 3 is 2.53 bits per heavy atom. The molecule has 0 aliphatic carbocycles. The van der Waals surface area contributed by atoms with E-state index in [1.807, 2.05) is 53.4 Å². The van der Waals surface area contributed by atoms with Crippen LogP contribution in [-0.2, 0) is 4.79 Å². The largest absolute Gasteiger partial charge is 0.337 e. The topological polar surface area (TPSA) is 58.4 Å². The van der Waals surface area contributed by atoms with Crippen molar-refractivity contribution in [2.24, 2.45) is 0 Å². The lowest BCUT2D eigenvalue weighted by Crippen LogP contribution is -2.55. The molecule has 1 amide bonds. The van der Waals surface area contributed by atoms with E-state index in [2.05, 4.69) is 41.6 Å². The third kappa shape index (κ3) is 4.96. The number of unbranched alkanes of at least 4 members (excludes halogenated alkanes) is 1. The number of piperazine rings is 1. The van der Waals surface area contributed by atoms with Crippen molar-refractivity contribution in [1.82, 2.24) is 19.4 Å². The third-order valence-corrected chi connectivity index (χ3v) is 7.26. The van der Waals surface area contributed by atoms with Gasteiger partial charge in [-0.25, -0.2) is 4.98 Å². The van der Waals surface area contributed by atoms with Gasteiger partial charge in [0.2, 0.25) is 5.91 Å². The number of hydrogen-bond donors (Lipinski definition) is 0. The Balaban J connectivity index is 1.73. The van der Waals surface area contributed by atoms with Gasteiger partial charge in [-0.05, 0) is 56.2 Å². The Bertz CT molecular complexity index is 1210. The molecule has 1 saturated heterocycles. The third-order valence-electron chi connectivity index (χ3n) is 6.74. The molecular formula is C27H33BrN4O2. The van der Waals surface area contributed by atoms with Gasteiger partial charge in [0.1, 0.15) is 5.82 Å². The van der Waals surface area contributed by atoms with Crippen LogP contribution < -0.4 is 5.56 Å². The van der Waals surface area contributed by atoms with Crippen LogP contribution >= 0.6 is 15.9 Å². The Hall–Kier alpha value is -2.51. The van der Waals surface area contributed by atoms with E-state index >= 15 is 0 Å². The molecule has 0 spiro atoms. The minimum atomic E-state index is -0.0530. The van der Waals surface area contributed by atoms with Gasteiger partial charge in [0.25, 0.3) is 5.56 Å². The van der Waals surface area contributed by atoms with Gasteiger partial charge >= 0.3 is 0 Å². The van der Waals surface area contributed by atoms with Crippen LogP contribution in [0.25, 0.3) is 16.6 Å². The highest BCUT2D eigenvalue weighted by molar-refractivity contribution is 9.10. The fourth-order valence-corrected chi connectivity index (χ4v) is 5.19. The standard InChI is InChI=1S/C27H33BrN4O2/c1-4-6-11-25(33)31-17-16-30(18-19(31)3)24(5-2)26-29-23-10-8-7-9-22(23)27(34)32(26)21-14-12-20(28)13-15-21/h7-10,12-15,19,24H,4-6,11,16-18H2,1-3H3.